The molecule has 0 aromatic heterocycles. The van der Waals surface area contributed by atoms with E-state index in [4.69, 9.17) is 27.9 Å². The summed E-state index contributed by atoms with van der Waals surface area (Å²) in [5.41, 5.74) is 0.735. The molecule has 0 aliphatic heterocycles. The van der Waals surface area contributed by atoms with Crippen LogP contribution < -0.4 is 10.6 Å². The SMILES string of the molecule is COCCNCCNC(=O)Cc1cc(Cl)ccc1Cl.Cl. The van der Waals surface area contributed by atoms with Gasteiger partial charge in [-0.1, -0.05) is 23.2 Å². The lowest BCUT2D eigenvalue weighted by Gasteiger charge is -2.08. The smallest absolute Gasteiger partial charge is 0.224 e. The number of methoxy groups -OCH3 is 1. The van der Waals surface area contributed by atoms with E-state index in [1.165, 1.54) is 0 Å². The number of amides is 1. The second-order valence-corrected chi connectivity index (χ2v) is 4.85. The number of hydrogen-bond acceptors (Lipinski definition) is 3. The van der Waals surface area contributed by atoms with Gasteiger partial charge in [0, 0.05) is 36.8 Å². The average molecular weight is 342 g/mol. The highest BCUT2D eigenvalue weighted by atomic mass is 35.5. The van der Waals surface area contributed by atoms with Crippen LogP contribution in [0, 0.1) is 0 Å². The molecule has 0 aliphatic carbocycles. The van der Waals surface area contributed by atoms with Crippen LogP contribution in [0.2, 0.25) is 10.0 Å². The number of carbonyl (C=O) groups is 1. The van der Waals surface area contributed by atoms with Gasteiger partial charge < -0.3 is 15.4 Å². The Balaban J connectivity index is 0.00000361. The fourth-order valence-corrected chi connectivity index (χ4v) is 1.88. The molecule has 0 aliphatic rings. The summed E-state index contributed by atoms with van der Waals surface area (Å²) in [5.74, 6) is -0.0716. The van der Waals surface area contributed by atoms with Crippen molar-refractivity contribution in [2.24, 2.45) is 0 Å². The van der Waals surface area contributed by atoms with E-state index in [9.17, 15) is 4.79 Å². The van der Waals surface area contributed by atoms with Crippen molar-refractivity contribution in [3.63, 3.8) is 0 Å². The van der Waals surface area contributed by atoms with Crippen LogP contribution in [0.15, 0.2) is 18.2 Å². The number of halogens is 3. The van der Waals surface area contributed by atoms with Crippen LogP contribution in [0.3, 0.4) is 0 Å². The molecule has 20 heavy (non-hydrogen) atoms. The molecule has 0 unspecified atom stereocenters. The maximum absolute atomic E-state index is 11.7. The lowest BCUT2D eigenvalue weighted by molar-refractivity contribution is -0.120. The molecule has 0 radical (unpaired) electrons. The second-order valence-electron chi connectivity index (χ2n) is 4.01. The Hall–Kier alpha value is -0.520. The normalized spacial score (nSPS) is 9.95. The molecule has 0 fully saturated rings. The number of rotatable bonds is 8. The minimum absolute atomic E-state index is 0. The third kappa shape index (κ3) is 7.92. The van der Waals surface area contributed by atoms with Crippen LogP contribution in [-0.4, -0.2) is 39.3 Å². The molecule has 1 rings (SSSR count). The van der Waals surface area contributed by atoms with Crippen molar-refractivity contribution in [2.45, 2.75) is 6.42 Å². The van der Waals surface area contributed by atoms with Gasteiger partial charge in [0.05, 0.1) is 13.0 Å². The van der Waals surface area contributed by atoms with E-state index in [1.54, 1.807) is 25.3 Å². The van der Waals surface area contributed by atoms with Gasteiger partial charge in [0.1, 0.15) is 0 Å². The Morgan fingerprint density at radius 2 is 2.00 bits per heavy atom. The maximum Gasteiger partial charge on any atom is 0.224 e. The van der Waals surface area contributed by atoms with Gasteiger partial charge in [0.15, 0.2) is 0 Å². The van der Waals surface area contributed by atoms with Crippen molar-refractivity contribution in [2.75, 3.05) is 33.4 Å². The molecule has 0 heterocycles. The van der Waals surface area contributed by atoms with Crippen molar-refractivity contribution in [3.8, 4) is 0 Å². The number of nitrogens with one attached hydrogen (secondary N) is 2. The highest BCUT2D eigenvalue weighted by Crippen LogP contribution is 2.20. The molecule has 1 aromatic rings. The summed E-state index contributed by atoms with van der Waals surface area (Å²) in [6.07, 6.45) is 0.234. The van der Waals surface area contributed by atoms with E-state index in [1.807, 2.05) is 0 Å². The molecule has 0 saturated carbocycles. The van der Waals surface area contributed by atoms with Gasteiger partial charge in [-0.3, -0.25) is 4.79 Å². The zero-order valence-electron chi connectivity index (χ0n) is 11.2. The monoisotopic (exact) mass is 340 g/mol. The van der Waals surface area contributed by atoms with Gasteiger partial charge >= 0.3 is 0 Å². The first-order valence-electron chi connectivity index (χ1n) is 6.03. The predicted octanol–water partition coefficient (Wildman–Crippen LogP) is 2.31. The predicted molar refractivity (Wildman–Crippen MR) is 85.2 cm³/mol. The number of carbonyl (C=O) groups excluding carboxylic acids is 1. The first-order chi connectivity index (χ1) is 9.13. The summed E-state index contributed by atoms with van der Waals surface area (Å²) in [6, 6.07) is 5.10. The van der Waals surface area contributed by atoms with Gasteiger partial charge in [-0.15, -0.1) is 12.4 Å². The van der Waals surface area contributed by atoms with E-state index in [0.29, 0.717) is 29.7 Å². The van der Waals surface area contributed by atoms with Gasteiger partial charge in [-0.25, -0.2) is 0 Å². The molecule has 114 valence electrons. The highest BCUT2D eigenvalue weighted by molar-refractivity contribution is 6.33. The number of ether oxygens (including phenoxy) is 1. The molecule has 0 bridgehead atoms. The Morgan fingerprint density at radius 1 is 1.25 bits per heavy atom. The third-order valence-electron chi connectivity index (χ3n) is 2.47. The lowest BCUT2D eigenvalue weighted by Crippen LogP contribution is -2.33. The van der Waals surface area contributed by atoms with Crippen LogP contribution in [0.1, 0.15) is 5.56 Å². The maximum atomic E-state index is 11.7. The zero-order chi connectivity index (χ0) is 14.1. The molecule has 0 saturated heterocycles. The van der Waals surface area contributed by atoms with E-state index in [-0.39, 0.29) is 24.7 Å². The van der Waals surface area contributed by atoms with Crippen LogP contribution in [-0.2, 0) is 16.0 Å². The molecule has 0 spiro atoms. The zero-order valence-corrected chi connectivity index (χ0v) is 13.6. The summed E-state index contributed by atoms with van der Waals surface area (Å²) in [5, 5.41) is 7.08. The Kier molecular flexibility index (Phi) is 10.9. The average Bonchev–Trinajstić information content (AvgIpc) is 2.38. The minimum Gasteiger partial charge on any atom is -0.383 e. The van der Waals surface area contributed by atoms with E-state index in [0.717, 1.165) is 12.1 Å². The van der Waals surface area contributed by atoms with Crippen molar-refractivity contribution in [3.05, 3.63) is 33.8 Å². The molecule has 1 aromatic carbocycles. The van der Waals surface area contributed by atoms with E-state index >= 15 is 0 Å². The minimum atomic E-state index is -0.0716. The van der Waals surface area contributed by atoms with E-state index in [2.05, 4.69) is 10.6 Å². The molecular formula is C13H19Cl3N2O2. The lowest BCUT2D eigenvalue weighted by atomic mass is 10.1. The highest BCUT2D eigenvalue weighted by Gasteiger charge is 2.07. The first kappa shape index (κ1) is 19.5. The number of benzene rings is 1. The largest absolute Gasteiger partial charge is 0.383 e. The Morgan fingerprint density at radius 3 is 2.70 bits per heavy atom. The fraction of sp³-hybridized carbons (Fsp3) is 0.462. The van der Waals surface area contributed by atoms with Gasteiger partial charge in [0.25, 0.3) is 0 Å². The summed E-state index contributed by atoms with van der Waals surface area (Å²) in [7, 11) is 1.65. The summed E-state index contributed by atoms with van der Waals surface area (Å²) >= 11 is 11.9. The van der Waals surface area contributed by atoms with Gasteiger partial charge in [0.2, 0.25) is 5.91 Å². The van der Waals surface area contributed by atoms with Crippen molar-refractivity contribution in [1.82, 2.24) is 10.6 Å². The molecule has 7 heteroatoms. The molecule has 0 atom stereocenters. The van der Waals surface area contributed by atoms with Crippen molar-refractivity contribution in [1.29, 1.82) is 0 Å². The molecule has 1 amide bonds. The second kappa shape index (κ2) is 11.2. The van der Waals surface area contributed by atoms with Gasteiger partial charge in [-0.2, -0.15) is 0 Å². The quantitative estimate of drug-likeness (QED) is 0.713. The van der Waals surface area contributed by atoms with Crippen LogP contribution in [0.4, 0.5) is 0 Å². The van der Waals surface area contributed by atoms with Crippen LogP contribution in [0.25, 0.3) is 0 Å². The molecular weight excluding hydrogens is 323 g/mol. The third-order valence-corrected chi connectivity index (χ3v) is 3.07. The van der Waals surface area contributed by atoms with Gasteiger partial charge in [-0.05, 0) is 23.8 Å². The Bertz CT molecular complexity index is 417. The molecule has 4 nitrogen and oxygen atoms in total. The number of hydrogen-bond donors (Lipinski definition) is 2. The topological polar surface area (TPSA) is 50.4 Å². The first-order valence-corrected chi connectivity index (χ1v) is 6.79. The van der Waals surface area contributed by atoms with Crippen molar-refractivity contribution < 1.29 is 9.53 Å². The standard InChI is InChI=1S/C13H18Cl2N2O2.ClH/c1-19-7-6-16-4-5-17-13(18)9-10-8-11(14)2-3-12(10)15;/h2-3,8,16H,4-7,9H2,1H3,(H,17,18);1H. The summed E-state index contributed by atoms with van der Waals surface area (Å²) < 4.78 is 4.90. The van der Waals surface area contributed by atoms with Crippen LogP contribution in [0.5, 0.6) is 0 Å². The van der Waals surface area contributed by atoms with E-state index < -0.39 is 0 Å². The Labute approximate surface area is 135 Å². The molecule has 2 N–H and O–H groups in total. The van der Waals surface area contributed by atoms with Crippen LogP contribution >= 0.6 is 35.6 Å². The van der Waals surface area contributed by atoms with Crippen molar-refractivity contribution >= 4 is 41.5 Å². The fourth-order valence-electron chi connectivity index (χ4n) is 1.50. The summed E-state index contributed by atoms with van der Waals surface area (Å²) in [6.45, 7) is 2.71. The summed E-state index contributed by atoms with van der Waals surface area (Å²) in [4.78, 5) is 11.7.